The van der Waals surface area contributed by atoms with Gasteiger partial charge in [0.1, 0.15) is 5.82 Å². The molecule has 0 saturated heterocycles. The van der Waals surface area contributed by atoms with Gasteiger partial charge in [-0.2, -0.15) is 4.98 Å². The molecule has 0 unspecified atom stereocenters. The molecule has 2 aromatic heterocycles. The van der Waals surface area contributed by atoms with Crippen LogP contribution < -0.4 is 10.6 Å². The van der Waals surface area contributed by atoms with Crippen LogP contribution in [-0.4, -0.2) is 27.5 Å². The molecule has 5 nitrogen and oxygen atoms in total. The number of pyridine rings is 1. The van der Waals surface area contributed by atoms with Crippen molar-refractivity contribution >= 4 is 11.8 Å². The largest absolute Gasteiger partial charge is 0.370 e. The molecular formula is C20H23N5. The highest BCUT2D eigenvalue weighted by atomic mass is 15.1. The molecule has 0 radical (unpaired) electrons. The number of aromatic nitrogens is 3. The zero-order chi connectivity index (χ0) is 17.5. The van der Waals surface area contributed by atoms with Gasteiger partial charge < -0.3 is 10.6 Å². The van der Waals surface area contributed by atoms with Crippen molar-refractivity contribution in [2.24, 2.45) is 0 Å². The minimum Gasteiger partial charge on any atom is -0.370 e. The van der Waals surface area contributed by atoms with Gasteiger partial charge in [0, 0.05) is 36.6 Å². The number of nitrogens with zero attached hydrogens (tertiary/aromatic N) is 3. The fourth-order valence-electron chi connectivity index (χ4n) is 2.51. The summed E-state index contributed by atoms with van der Waals surface area (Å²) in [5, 5.41) is 6.70. The first-order chi connectivity index (χ1) is 12.2. The number of hydrogen-bond acceptors (Lipinski definition) is 5. The minimum atomic E-state index is 0.268. The molecule has 2 N–H and O–H groups in total. The van der Waals surface area contributed by atoms with E-state index >= 15 is 0 Å². The first-order valence-electron chi connectivity index (χ1n) is 8.54. The van der Waals surface area contributed by atoms with Crippen LogP contribution in [0, 0.1) is 0 Å². The third-order valence-electron chi connectivity index (χ3n) is 3.68. The average molecular weight is 333 g/mol. The Kier molecular flexibility index (Phi) is 5.57. The molecule has 2 heterocycles. The van der Waals surface area contributed by atoms with E-state index in [-0.39, 0.29) is 6.04 Å². The van der Waals surface area contributed by atoms with Gasteiger partial charge in [-0.05, 0) is 38.0 Å². The Morgan fingerprint density at radius 1 is 0.960 bits per heavy atom. The molecule has 1 aromatic carbocycles. The van der Waals surface area contributed by atoms with Crippen molar-refractivity contribution in [1.29, 1.82) is 0 Å². The van der Waals surface area contributed by atoms with Crippen molar-refractivity contribution in [1.82, 2.24) is 15.0 Å². The third-order valence-corrected chi connectivity index (χ3v) is 3.68. The predicted octanol–water partition coefficient (Wildman–Crippen LogP) is 4.01. The van der Waals surface area contributed by atoms with Gasteiger partial charge in [-0.15, -0.1) is 0 Å². The average Bonchev–Trinajstić information content (AvgIpc) is 2.63. The van der Waals surface area contributed by atoms with Gasteiger partial charge in [-0.3, -0.25) is 4.98 Å². The van der Waals surface area contributed by atoms with Gasteiger partial charge in [0.15, 0.2) is 0 Å². The summed E-state index contributed by atoms with van der Waals surface area (Å²) in [5.41, 5.74) is 3.21. The maximum atomic E-state index is 4.62. The minimum absolute atomic E-state index is 0.268. The Morgan fingerprint density at radius 3 is 2.44 bits per heavy atom. The lowest BCUT2D eigenvalue weighted by molar-refractivity contribution is 0.874. The lowest BCUT2D eigenvalue weighted by Crippen LogP contribution is -2.14. The summed E-state index contributed by atoms with van der Waals surface area (Å²) in [6, 6.07) is 16.6. The molecule has 3 rings (SSSR count). The lowest BCUT2D eigenvalue weighted by Gasteiger charge is -2.13. The first-order valence-corrected chi connectivity index (χ1v) is 8.54. The van der Waals surface area contributed by atoms with E-state index < -0.39 is 0 Å². The van der Waals surface area contributed by atoms with E-state index in [0.29, 0.717) is 5.95 Å². The molecule has 3 aromatic rings. The molecule has 0 aliphatic heterocycles. The normalized spacial score (nSPS) is 10.7. The van der Waals surface area contributed by atoms with Gasteiger partial charge in [0.25, 0.3) is 0 Å². The smallest absolute Gasteiger partial charge is 0.225 e. The molecule has 0 aliphatic rings. The summed E-state index contributed by atoms with van der Waals surface area (Å²) in [5.74, 6) is 1.45. The van der Waals surface area contributed by atoms with E-state index in [1.54, 1.807) is 12.4 Å². The van der Waals surface area contributed by atoms with E-state index in [2.05, 4.69) is 63.7 Å². The molecule has 0 saturated carbocycles. The van der Waals surface area contributed by atoms with Gasteiger partial charge in [0.05, 0.1) is 5.69 Å². The van der Waals surface area contributed by atoms with Crippen LogP contribution in [-0.2, 0) is 6.42 Å². The molecule has 0 amide bonds. The van der Waals surface area contributed by atoms with Gasteiger partial charge in [-0.1, -0.05) is 30.3 Å². The molecule has 128 valence electrons. The van der Waals surface area contributed by atoms with Crippen LogP contribution >= 0.6 is 0 Å². The Bertz CT molecular complexity index is 788. The molecule has 0 aliphatic carbocycles. The highest BCUT2D eigenvalue weighted by Gasteiger charge is 2.07. The molecular weight excluding hydrogens is 310 g/mol. The molecule has 0 spiro atoms. The number of benzene rings is 1. The van der Waals surface area contributed by atoms with E-state index in [1.165, 1.54) is 5.56 Å². The number of anilines is 2. The Hall–Kier alpha value is -2.95. The maximum Gasteiger partial charge on any atom is 0.225 e. The fourth-order valence-corrected chi connectivity index (χ4v) is 2.51. The maximum absolute atomic E-state index is 4.62. The Labute approximate surface area is 148 Å². The second kappa shape index (κ2) is 8.24. The molecule has 0 bridgehead atoms. The van der Waals surface area contributed by atoms with Crippen LogP contribution in [0.3, 0.4) is 0 Å². The molecule has 0 atom stereocenters. The Balaban J connectivity index is 1.77. The zero-order valence-corrected chi connectivity index (χ0v) is 14.6. The number of rotatable bonds is 7. The monoisotopic (exact) mass is 333 g/mol. The van der Waals surface area contributed by atoms with Crippen LogP contribution in [0.15, 0.2) is 60.9 Å². The van der Waals surface area contributed by atoms with Crippen molar-refractivity contribution < 1.29 is 0 Å². The van der Waals surface area contributed by atoms with Crippen molar-refractivity contribution in [3.63, 3.8) is 0 Å². The third kappa shape index (κ3) is 5.01. The standard InChI is InChI=1S/C20H23N5/c1-15(2)23-20-24-18(17-9-11-21-12-10-17)14-19(25-20)22-13-8-16-6-4-3-5-7-16/h3-7,9-12,14-15H,8,13H2,1-2H3,(H2,22,23,24,25). The second-order valence-corrected chi connectivity index (χ2v) is 6.16. The number of nitrogens with one attached hydrogen (secondary N) is 2. The summed E-state index contributed by atoms with van der Waals surface area (Å²) in [4.78, 5) is 13.3. The van der Waals surface area contributed by atoms with Crippen molar-refractivity contribution in [3.8, 4) is 11.3 Å². The summed E-state index contributed by atoms with van der Waals surface area (Å²) in [6.07, 6.45) is 4.49. The molecule has 25 heavy (non-hydrogen) atoms. The number of hydrogen-bond donors (Lipinski definition) is 2. The van der Waals surface area contributed by atoms with Crippen LogP contribution in [0.4, 0.5) is 11.8 Å². The van der Waals surface area contributed by atoms with Crippen LogP contribution in [0.1, 0.15) is 19.4 Å². The summed E-state index contributed by atoms with van der Waals surface area (Å²) in [7, 11) is 0. The SMILES string of the molecule is CC(C)Nc1nc(NCCc2ccccc2)cc(-c2ccncc2)n1. The van der Waals surface area contributed by atoms with Gasteiger partial charge >= 0.3 is 0 Å². The van der Waals surface area contributed by atoms with Crippen LogP contribution in [0.5, 0.6) is 0 Å². The van der Waals surface area contributed by atoms with Gasteiger partial charge in [-0.25, -0.2) is 4.98 Å². The van der Waals surface area contributed by atoms with E-state index in [1.807, 2.05) is 24.3 Å². The van der Waals surface area contributed by atoms with Gasteiger partial charge in [0.2, 0.25) is 5.95 Å². The highest BCUT2D eigenvalue weighted by Crippen LogP contribution is 2.21. The molecule has 5 heteroatoms. The van der Waals surface area contributed by atoms with Crippen molar-refractivity contribution in [2.75, 3.05) is 17.2 Å². The quantitative estimate of drug-likeness (QED) is 0.684. The Morgan fingerprint density at radius 2 is 1.72 bits per heavy atom. The summed E-state index contributed by atoms with van der Waals surface area (Å²) >= 11 is 0. The zero-order valence-electron chi connectivity index (χ0n) is 14.6. The van der Waals surface area contributed by atoms with E-state index in [0.717, 1.165) is 30.0 Å². The van der Waals surface area contributed by atoms with E-state index in [9.17, 15) is 0 Å². The molecule has 0 fully saturated rings. The van der Waals surface area contributed by atoms with Crippen LogP contribution in [0.2, 0.25) is 0 Å². The predicted molar refractivity (Wildman–Crippen MR) is 103 cm³/mol. The summed E-state index contributed by atoms with van der Waals surface area (Å²) in [6.45, 7) is 4.97. The summed E-state index contributed by atoms with van der Waals surface area (Å²) < 4.78 is 0. The van der Waals surface area contributed by atoms with Crippen molar-refractivity contribution in [2.45, 2.75) is 26.3 Å². The first kappa shape index (κ1) is 16.9. The van der Waals surface area contributed by atoms with Crippen molar-refractivity contribution in [3.05, 3.63) is 66.5 Å². The van der Waals surface area contributed by atoms with E-state index in [4.69, 9.17) is 0 Å². The van der Waals surface area contributed by atoms with Crippen LogP contribution in [0.25, 0.3) is 11.3 Å². The second-order valence-electron chi connectivity index (χ2n) is 6.16. The lowest BCUT2D eigenvalue weighted by atomic mass is 10.1. The highest BCUT2D eigenvalue weighted by molar-refractivity contribution is 5.63. The topological polar surface area (TPSA) is 62.7 Å². The fraction of sp³-hybridized carbons (Fsp3) is 0.250.